The van der Waals surface area contributed by atoms with Crippen LogP contribution in [0.4, 0.5) is 0 Å². The Morgan fingerprint density at radius 2 is 1.81 bits per heavy atom. The van der Waals surface area contributed by atoms with Gasteiger partial charge in [-0.05, 0) is 35.0 Å². The average Bonchev–Trinajstić information content (AvgIpc) is 2.29. The van der Waals surface area contributed by atoms with Gasteiger partial charge in [-0.25, -0.2) is 0 Å². The van der Waals surface area contributed by atoms with Crippen molar-refractivity contribution in [2.24, 2.45) is 0 Å². The van der Waals surface area contributed by atoms with Crippen LogP contribution < -0.4 is 0 Å². The van der Waals surface area contributed by atoms with E-state index < -0.39 is 0 Å². The zero-order valence-electron chi connectivity index (χ0n) is 8.77. The Bertz CT molecular complexity index is 562. The fourth-order valence-electron chi connectivity index (χ4n) is 1.53. The van der Waals surface area contributed by atoms with Crippen molar-refractivity contribution in [3.63, 3.8) is 0 Å². The van der Waals surface area contributed by atoms with Crippen LogP contribution in [0.2, 0.25) is 0 Å². The number of aliphatic hydroxyl groups excluding tert-OH is 1. The first-order chi connectivity index (χ1) is 7.79. The third-order valence-corrected chi connectivity index (χ3v) is 2.29. The molecular formula is C14H12O2. The minimum atomic E-state index is 0.0847. The first-order valence-corrected chi connectivity index (χ1v) is 5.12. The Balaban J connectivity index is 2.40. The molecule has 0 amide bonds. The maximum atomic E-state index is 9.37. The van der Waals surface area contributed by atoms with E-state index in [1.54, 1.807) is 12.1 Å². The number of phenols is 1. The first kappa shape index (κ1) is 10.5. The predicted octanol–water partition coefficient (Wildman–Crippen LogP) is 2.28. The van der Waals surface area contributed by atoms with Crippen molar-refractivity contribution in [3.8, 4) is 17.6 Å². The molecule has 2 N–H and O–H groups in total. The summed E-state index contributed by atoms with van der Waals surface area (Å²) in [4.78, 5) is 0. The molecule has 0 aromatic heterocycles. The zero-order chi connectivity index (χ0) is 11.4. The highest BCUT2D eigenvalue weighted by Gasteiger charge is 1.95. The predicted molar refractivity (Wildman–Crippen MR) is 64.2 cm³/mol. The van der Waals surface area contributed by atoms with Crippen molar-refractivity contribution in [1.82, 2.24) is 0 Å². The number of aromatic hydroxyl groups is 1. The fourth-order valence-corrected chi connectivity index (χ4v) is 1.53. The molecule has 2 nitrogen and oxygen atoms in total. The summed E-state index contributed by atoms with van der Waals surface area (Å²) in [5, 5.41) is 20.0. The van der Waals surface area contributed by atoms with E-state index in [1.807, 2.05) is 24.3 Å². The lowest BCUT2D eigenvalue weighted by Gasteiger charge is -1.99. The number of hydrogen-bond donors (Lipinski definition) is 2. The van der Waals surface area contributed by atoms with Crippen LogP contribution >= 0.6 is 0 Å². The van der Waals surface area contributed by atoms with E-state index in [1.165, 1.54) is 0 Å². The van der Waals surface area contributed by atoms with Gasteiger partial charge in [0, 0.05) is 12.0 Å². The van der Waals surface area contributed by atoms with E-state index in [2.05, 4.69) is 11.8 Å². The maximum absolute atomic E-state index is 9.37. The Morgan fingerprint density at radius 1 is 1.00 bits per heavy atom. The molecule has 0 unspecified atom stereocenters. The highest BCUT2D eigenvalue weighted by atomic mass is 16.3. The molecule has 0 heterocycles. The van der Waals surface area contributed by atoms with Crippen LogP contribution in [0.3, 0.4) is 0 Å². The summed E-state index contributed by atoms with van der Waals surface area (Å²) in [7, 11) is 0. The van der Waals surface area contributed by atoms with Crippen LogP contribution in [0, 0.1) is 11.8 Å². The molecule has 0 fully saturated rings. The maximum Gasteiger partial charge on any atom is 0.116 e. The molecule has 0 aliphatic heterocycles. The van der Waals surface area contributed by atoms with Crippen LogP contribution in [-0.2, 0) is 0 Å². The Hall–Kier alpha value is -1.98. The standard InChI is InChI=1S/C14H12O2/c15-8-2-1-3-11-4-5-12-6-7-14(16)10-13(12)9-11/h4-7,9-10,15-16H,2,8H2. The number of aliphatic hydroxyl groups is 1. The van der Waals surface area contributed by atoms with Gasteiger partial charge >= 0.3 is 0 Å². The third-order valence-electron chi connectivity index (χ3n) is 2.29. The van der Waals surface area contributed by atoms with Gasteiger partial charge in [-0.1, -0.05) is 24.0 Å². The molecule has 80 valence electrons. The van der Waals surface area contributed by atoms with Gasteiger partial charge in [0.15, 0.2) is 0 Å². The number of rotatable bonds is 1. The first-order valence-electron chi connectivity index (χ1n) is 5.12. The van der Waals surface area contributed by atoms with Crippen molar-refractivity contribution in [2.45, 2.75) is 6.42 Å². The van der Waals surface area contributed by atoms with Gasteiger partial charge in [-0.15, -0.1) is 0 Å². The molecule has 0 radical (unpaired) electrons. The zero-order valence-corrected chi connectivity index (χ0v) is 8.77. The Labute approximate surface area is 94.2 Å². The minimum absolute atomic E-state index is 0.0847. The highest BCUT2D eigenvalue weighted by molar-refractivity contribution is 5.85. The van der Waals surface area contributed by atoms with Gasteiger partial charge in [0.1, 0.15) is 5.75 Å². The molecule has 0 aliphatic carbocycles. The number of fused-ring (bicyclic) bond motifs is 1. The van der Waals surface area contributed by atoms with Gasteiger partial charge in [0.2, 0.25) is 0 Å². The lowest BCUT2D eigenvalue weighted by atomic mass is 10.1. The molecule has 2 rings (SSSR count). The molecular weight excluding hydrogens is 200 g/mol. The summed E-state index contributed by atoms with van der Waals surface area (Å²) >= 11 is 0. The second-order valence-corrected chi connectivity index (χ2v) is 3.52. The molecule has 0 bridgehead atoms. The summed E-state index contributed by atoms with van der Waals surface area (Å²) in [5.41, 5.74) is 0.895. The number of hydrogen-bond acceptors (Lipinski definition) is 2. The van der Waals surface area contributed by atoms with E-state index in [4.69, 9.17) is 5.11 Å². The lowest BCUT2D eigenvalue weighted by molar-refractivity contribution is 0.305. The molecule has 0 spiro atoms. The Kier molecular flexibility index (Phi) is 3.09. The van der Waals surface area contributed by atoms with Crippen molar-refractivity contribution >= 4 is 10.8 Å². The van der Waals surface area contributed by atoms with Crippen LogP contribution in [0.25, 0.3) is 10.8 Å². The monoisotopic (exact) mass is 212 g/mol. The number of benzene rings is 2. The van der Waals surface area contributed by atoms with E-state index in [0.29, 0.717) is 6.42 Å². The topological polar surface area (TPSA) is 40.5 Å². The molecule has 0 saturated carbocycles. The summed E-state index contributed by atoms with van der Waals surface area (Å²) < 4.78 is 0. The van der Waals surface area contributed by atoms with Crippen LogP contribution in [0.1, 0.15) is 12.0 Å². The van der Waals surface area contributed by atoms with Gasteiger partial charge in [0.25, 0.3) is 0 Å². The third kappa shape index (κ3) is 2.33. The van der Waals surface area contributed by atoms with Crippen molar-refractivity contribution in [3.05, 3.63) is 42.0 Å². The summed E-state index contributed by atoms with van der Waals surface area (Å²) in [5.74, 6) is 6.09. The van der Waals surface area contributed by atoms with Gasteiger partial charge in [-0.2, -0.15) is 0 Å². The van der Waals surface area contributed by atoms with Gasteiger partial charge < -0.3 is 10.2 Å². The molecule has 0 saturated heterocycles. The molecule has 2 aromatic carbocycles. The SMILES string of the molecule is OCCC#Cc1ccc2ccc(O)cc2c1. The second-order valence-electron chi connectivity index (χ2n) is 3.52. The van der Waals surface area contributed by atoms with E-state index in [-0.39, 0.29) is 12.4 Å². The van der Waals surface area contributed by atoms with Crippen LogP contribution in [-0.4, -0.2) is 16.8 Å². The van der Waals surface area contributed by atoms with Crippen molar-refractivity contribution in [1.29, 1.82) is 0 Å². The number of phenolic OH excluding ortho intramolecular Hbond substituents is 1. The molecule has 16 heavy (non-hydrogen) atoms. The second kappa shape index (κ2) is 4.69. The van der Waals surface area contributed by atoms with Gasteiger partial charge in [0.05, 0.1) is 6.61 Å². The summed E-state index contributed by atoms with van der Waals surface area (Å²) in [6.45, 7) is 0.0847. The largest absolute Gasteiger partial charge is 0.508 e. The van der Waals surface area contributed by atoms with Crippen LogP contribution in [0.5, 0.6) is 5.75 Å². The normalized spacial score (nSPS) is 9.81. The quantitative estimate of drug-likeness (QED) is 0.712. The highest BCUT2D eigenvalue weighted by Crippen LogP contribution is 2.20. The molecule has 2 heteroatoms. The lowest BCUT2D eigenvalue weighted by Crippen LogP contribution is -1.79. The van der Waals surface area contributed by atoms with E-state index in [9.17, 15) is 5.11 Å². The van der Waals surface area contributed by atoms with Crippen molar-refractivity contribution in [2.75, 3.05) is 6.61 Å². The Morgan fingerprint density at radius 3 is 2.62 bits per heavy atom. The molecule has 0 atom stereocenters. The summed E-state index contributed by atoms with van der Waals surface area (Å²) in [6.07, 6.45) is 0.484. The van der Waals surface area contributed by atoms with Crippen LogP contribution in [0.15, 0.2) is 36.4 Å². The minimum Gasteiger partial charge on any atom is -0.508 e. The molecule has 0 aliphatic rings. The average molecular weight is 212 g/mol. The van der Waals surface area contributed by atoms with Gasteiger partial charge in [-0.3, -0.25) is 0 Å². The fraction of sp³-hybridized carbons (Fsp3) is 0.143. The van der Waals surface area contributed by atoms with Crippen molar-refractivity contribution < 1.29 is 10.2 Å². The summed E-state index contributed by atoms with van der Waals surface area (Å²) in [6, 6.07) is 11.1. The smallest absolute Gasteiger partial charge is 0.116 e. The van der Waals surface area contributed by atoms with E-state index in [0.717, 1.165) is 16.3 Å². The molecule has 2 aromatic rings. The van der Waals surface area contributed by atoms with E-state index >= 15 is 0 Å².